The molecule has 23 heavy (non-hydrogen) atoms. The molecule has 2 N–H and O–H groups in total. The van der Waals surface area contributed by atoms with Crippen molar-refractivity contribution in [1.82, 2.24) is 10.6 Å². The molecule has 2 unspecified atom stereocenters. The molecule has 2 saturated heterocycles. The first-order chi connectivity index (χ1) is 11.1. The highest BCUT2D eigenvalue weighted by atomic mass is 16.5. The summed E-state index contributed by atoms with van der Waals surface area (Å²) in [5, 5.41) is 6.62. The van der Waals surface area contributed by atoms with Gasteiger partial charge in [0.25, 0.3) is 0 Å². The van der Waals surface area contributed by atoms with E-state index in [1.54, 1.807) is 0 Å². The van der Waals surface area contributed by atoms with Gasteiger partial charge in [-0.05, 0) is 68.7 Å². The first kappa shape index (κ1) is 16.3. The van der Waals surface area contributed by atoms with Crippen molar-refractivity contribution in [2.75, 3.05) is 13.2 Å². The molecular weight excluding hydrogens is 288 g/mol. The molecule has 2 aliphatic heterocycles. The van der Waals surface area contributed by atoms with Crippen molar-refractivity contribution in [2.45, 2.75) is 58.0 Å². The predicted octanol–water partition coefficient (Wildman–Crippen LogP) is 2.72. The van der Waals surface area contributed by atoms with E-state index in [9.17, 15) is 4.79 Å². The monoisotopic (exact) mass is 316 g/mol. The maximum Gasteiger partial charge on any atom is 0.220 e. The van der Waals surface area contributed by atoms with Gasteiger partial charge in [0.1, 0.15) is 12.4 Å². The summed E-state index contributed by atoms with van der Waals surface area (Å²) in [5.41, 5.74) is 2.40. The highest BCUT2D eigenvalue weighted by Crippen LogP contribution is 2.32. The van der Waals surface area contributed by atoms with Gasteiger partial charge in [-0.3, -0.25) is 4.79 Å². The number of amides is 1. The summed E-state index contributed by atoms with van der Waals surface area (Å²) in [4.78, 5) is 12.1. The van der Waals surface area contributed by atoms with Crippen LogP contribution in [-0.2, 0) is 4.79 Å². The zero-order valence-corrected chi connectivity index (χ0v) is 14.2. The number of piperidine rings is 1. The fourth-order valence-corrected chi connectivity index (χ4v) is 4.05. The number of benzene rings is 1. The fourth-order valence-electron chi connectivity index (χ4n) is 4.05. The van der Waals surface area contributed by atoms with Gasteiger partial charge < -0.3 is 15.4 Å². The highest BCUT2D eigenvalue weighted by Gasteiger charge is 2.33. The lowest BCUT2D eigenvalue weighted by molar-refractivity contribution is -0.122. The maximum absolute atomic E-state index is 12.1. The summed E-state index contributed by atoms with van der Waals surface area (Å²) >= 11 is 0. The van der Waals surface area contributed by atoms with Crippen LogP contribution >= 0.6 is 0 Å². The van der Waals surface area contributed by atoms with Crippen molar-refractivity contribution < 1.29 is 9.53 Å². The molecule has 1 aromatic carbocycles. The van der Waals surface area contributed by atoms with Crippen molar-refractivity contribution in [1.29, 1.82) is 0 Å². The van der Waals surface area contributed by atoms with Gasteiger partial charge in [0.15, 0.2) is 0 Å². The number of rotatable bonds is 6. The minimum Gasteiger partial charge on any atom is -0.492 e. The maximum atomic E-state index is 12.1. The smallest absolute Gasteiger partial charge is 0.220 e. The Morgan fingerprint density at radius 1 is 1.17 bits per heavy atom. The zero-order valence-electron chi connectivity index (χ0n) is 14.2. The number of aryl methyl sites for hydroxylation is 2. The molecule has 0 aromatic heterocycles. The molecule has 4 heteroatoms. The van der Waals surface area contributed by atoms with Crippen LogP contribution in [0.2, 0.25) is 0 Å². The van der Waals surface area contributed by atoms with Gasteiger partial charge in [0.05, 0.1) is 6.54 Å². The number of ether oxygens (including phenoxy) is 1. The molecule has 0 saturated carbocycles. The van der Waals surface area contributed by atoms with Crippen LogP contribution in [0.5, 0.6) is 5.75 Å². The number of carbonyl (C=O) groups is 1. The van der Waals surface area contributed by atoms with Gasteiger partial charge in [-0.1, -0.05) is 6.07 Å². The lowest BCUT2D eigenvalue weighted by Crippen LogP contribution is -2.40. The van der Waals surface area contributed by atoms with Gasteiger partial charge in [0.2, 0.25) is 5.91 Å². The second kappa shape index (κ2) is 7.35. The summed E-state index contributed by atoms with van der Waals surface area (Å²) in [7, 11) is 0. The Bertz CT molecular complexity index is 526. The Kier molecular flexibility index (Phi) is 5.21. The summed E-state index contributed by atoms with van der Waals surface area (Å²) in [6, 6.07) is 7.49. The third-order valence-corrected chi connectivity index (χ3v) is 4.93. The van der Waals surface area contributed by atoms with Crippen LogP contribution < -0.4 is 15.4 Å². The van der Waals surface area contributed by atoms with E-state index in [2.05, 4.69) is 30.5 Å². The summed E-state index contributed by atoms with van der Waals surface area (Å²) in [5.74, 6) is 1.60. The first-order valence-corrected chi connectivity index (χ1v) is 8.82. The molecule has 2 heterocycles. The van der Waals surface area contributed by atoms with Crippen LogP contribution in [0.25, 0.3) is 0 Å². The van der Waals surface area contributed by atoms with Gasteiger partial charge in [-0.25, -0.2) is 0 Å². The average Bonchev–Trinajstić information content (AvgIpc) is 2.82. The van der Waals surface area contributed by atoms with Crippen molar-refractivity contribution in [3.05, 3.63) is 29.3 Å². The molecule has 1 amide bonds. The van der Waals surface area contributed by atoms with Gasteiger partial charge >= 0.3 is 0 Å². The van der Waals surface area contributed by atoms with E-state index in [4.69, 9.17) is 4.74 Å². The molecule has 0 radical (unpaired) electrons. The second-order valence-electron chi connectivity index (χ2n) is 7.20. The van der Waals surface area contributed by atoms with Crippen molar-refractivity contribution in [2.24, 2.45) is 5.92 Å². The van der Waals surface area contributed by atoms with Gasteiger partial charge in [0, 0.05) is 18.5 Å². The van der Waals surface area contributed by atoms with Crippen LogP contribution in [0, 0.1) is 19.8 Å². The Morgan fingerprint density at radius 2 is 1.83 bits per heavy atom. The molecule has 126 valence electrons. The standard InChI is InChI=1S/C19H28N2O2/c1-13-7-14(2)9-18(8-13)23-6-5-20-19(22)12-15-10-16-3-4-17(11-15)21-16/h7-9,15-17,21H,3-6,10-12H2,1-2H3,(H,20,22). The van der Waals surface area contributed by atoms with Gasteiger partial charge in [-0.2, -0.15) is 0 Å². The van der Waals surface area contributed by atoms with Crippen LogP contribution in [-0.4, -0.2) is 31.1 Å². The van der Waals surface area contributed by atoms with Crippen LogP contribution in [0.15, 0.2) is 18.2 Å². The topological polar surface area (TPSA) is 50.4 Å². The number of hydrogen-bond donors (Lipinski definition) is 2. The lowest BCUT2D eigenvalue weighted by Gasteiger charge is -2.28. The van der Waals surface area contributed by atoms with Crippen molar-refractivity contribution in [3.8, 4) is 5.75 Å². The third-order valence-electron chi connectivity index (χ3n) is 4.93. The van der Waals surface area contributed by atoms with E-state index in [-0.39, 0.29) is 5.91 Å². The predicted molar refractivity (Wildman–Crippen MR) is 91.7 cm³/mol. The summed E-state index contributed by atoms with van der Waals surface area (Å²) in [6.45, 7) is 5.22. The van der Waals surface area contributed by atoms with Crippen molar-refractivity contribution in [3.63, 3.8) is 0 Å². The van der Waals surface area contributed by atoms with Gasteiger partial charge in [-0.15, -0.1) is 0 Å². The van der Waals surface area contributed by atoms with Crippen LogP contribution in [0.3, 0.4) is 0 Å². The molecule has 4 nitrogen and oxygen atoms in total. The molecule has 2 aliphatic rings. The van der Waals surface area contributed by atoms with E-state index in [1.165, 1.54) is 24.0 Å². The number of hydrogen-bond acceptors (Lipinski definition) is 3. The first-order valence-electron chi connectivity index (χ1n) is 8.82. The van der Waals surface area contributed by atoms with Crippen LogP contribution in [0.1, 0.15) is 43.2 Å². The minimum absolute atomic E-state index is 0.167. The quantitative estimate of drug-likeness (QED) is 0.794. The molecular formula is C19H28N2O2. The van der Waals surface area contributed by atoms with E-state index in [0.717, 1.165) is 18.6 Å². The molecule has 0 aliphatic carbocycles. The normalized spacial score (nSPS) is 26.1. The number of fused-ring (bicyclic) bond motifs is 2. The Morgan fingerprint density at radius 3 is 2.48 bits per heavy atom. The van der Waals surface area contributed by atoms with E-state index < -0.39 is 0 Å². The molecule has 0 spiro atoms. The molecule has 2 fully saturated rings. The third kappa shape index (κ3) is 4.71. The highest BCUT2D eigenvalue weighted by molar-refractivity contribution is 5.76. The Balaban J connectivity index is 1.34. The second-order valence-corrected chi connectivity index (χ2v) is 7.20. The van der Waals surface area contributed by atoms with Crippen molar-refractivity contribution >= 4 is 5.91 Å². The zero-order chi connectivity index (χ0) is 16.2. The van der Waals surface area contributed by atoms with Crippen LogP contribution in [0.4, 0.5) is 0 Å². The Hall–Kier alpha value is -1.55. The minimum atomic E-state index is 0.167. The van der Waals surface area contributed by atoms with E-state index >= 15 is 0 Å². The Labute approximate surface area is 139 Å². The SMILES string of the molecule is Cc1cc(C)cc(OCCNC(=O)CC2CC3CCC(C2)N3)c1. The lowest BCUT2D eigenvalue weighted by atomic mass is 9.89. The molecule has 2 bridgehead atoms. The summed E-state index contributed by atoms with van der Waals surface area (Å²) in [6.07, 6.45) is 5.54. The number of carbonyl (C=O) groups excluding carboxylic acids is 1. The molecule has 3 rings (SSSR count). The average molecular weight is 316 g/mol. The largest absolute Gasteiger partial charge is 0.492 e. The van der Waals surface area contributed by atoms with E-state index in [1.807, 2.05) is 12.1 Å². The molecule has 2 atom stereocenters. The number of nitrogens with one attached hydrogen (secondary N) is 2. The summed E-state index contributed by atoms with van der Waals surface area (Å²) < 4.78 is 5.73. The van der Waals surface area contributed by atoms with E-state index in [0.29, 0.717) is 37.6 Å². The fraction of sp³-hybridized carbons (Fsp3) is 0.632. The molecule has 1 aromatic rings.